The van der Waals surface area contributed by atoms with E-state index in [9.17, 15) is 9.00 Å². The SMILES string of the molecule is O=C(Nc1cccc(CS(=O)C2CCOCC2)c1)c1ccc(Oc2ccccc2)nc1. The van der Waals surface area contributed by atoms with Crippen molar-refractivity contribution < 1.29 is 18.5 Å². The molecule has 0 aliphatic carbocycles. The van der Waals surface area contributed by atoms with Crippen molar-refractivity contribution in [3.8, 4) is 11.6 Å². The second-order valence-electron chi connectivity index (χ2n) is 7.29. The lowest BCUT2D eigenvalue weighted by Gasteiger charge is -2.21. The minimum Gasteiger partial charge on any atom is -0.439 e. The zero-order valence-corrected chi connectivity index (χ0v) is 17.8. The molecule has 160 valence electrons. The van der Waals surface area contributed by atoms with Gasteiger partial charge in [0.25, 0.3) is 5.91 Å². The van der Waals surface area contributed by atoms with Crippen LogP contribution in [0.1, 0.15) is 28.8 Å². The van der Waals surface area contributed by atoms with Crippen molar-refractivity contribution in [2.75, 3.05) is 18.5 Å². The Morgan fingerprint density at radius 2 is 1.87 bits per heavy atom. The number of nitrogens with zero attached hydrogens (tertiary/aromatic N) is 1. The van der Waals surface area contributed by atoms with E-state index in [0.29, 0.717) is 41.8 Å². The van der Waals surface area contributed by atoms with Gasteiger partial charge in [0.2, 0.25) is 5.88 Å². The van der Waals surface area contributed by atoms with Crippen LogP contribution >= 0.6 is 0 Å². The van der Waals surface area contributed by atoms with Gasteiger partial charge in [-0.3, -0.25) is 9.00 Å². The smallest absolute Gasteiger partial charge is 0.257 e. The number of hydrogen-bond acceptors (Lipinski definition) is 5. The standard InChI is InChI=1S/C24H24N2O4S/c27-24(19-9-10-23(25-16-19)30-21-7-2-1-3-8-21)26-20-6-4-5-18(15-20)17-31(28)22-11-13-29-14-12-22/h1-10,15-16,22H,11-14,17H2,(H,26,27). The lowest BCUT2D eigenvalue weighted by atomic mass is 10.2. The minimum atomic E-state index is -0.951. The summed E-state index contributed by atoms with van der Waals surface area (Å²) in [7, 11) is -0.951. The molecule has 1 amide bonds. The molecular formula is C24H24N2O4S. The van der Waals surface area contributed by atoms with Gasteiger partial charge in [-0.1, -0.05) is 30.3 Å². The Balaban J connectivity index is 1.36. The average Bonchev–Trinajstić information content (AvgIpc) is 2.81. The maximum atomic E-state index is 12.6. The van der Waals surface area contributed by atoms with Gasteiger partial charge in [-0.15, -0.1) is 0 Å². The van der Waals surface area contributed by atoms with E-state index in [1.807, 2.05) is 54.6 Å². The van der Waals surface area contributed by atoms with Crippen LogP contribution in [0.4, 0.5) is 5.69 Å². The first-order valence-electron chi connectivity index (χ1n) is 10.2. The average molecular weight is 437 g/mol. The Morgan fingerprint density at radius 3 is 2.61 bits per heavy atom. The molecule has 2 heterocycles. The highest BCUT2D eigenvalue weighted by atomic mass is 32.2. The molecule has 0 spiro atoms. The summed E-state index contributed by atoms with van der Waals surface area (Å²) >= 11 is 0. The van der Waals surface area contributed by atoms with Crippen molar-refractivity contribution in [3.63, 3.8) is 0 Å². The van der Waals surface area contributed by atoms with Crippen molar-refractivity contribution in [1.82, 2.24) is 4.98 Å². The van der Waals surface area contributed by atoms with Crippen molar-refractivity contribution in [2.24, 2.45) is 0 Å². The molecule has 1 N–H and O–H groups in total. The van der Waals surface area contributed by atoms with Crippen molar-refractivity contribution in [3.05, 3.63) is 84.1 Å². The number of carbonyl (C=O) groups excluding carboxylic acids is 1. The van der Waals surface area contributed by atoms with Crippen LogP contribution in [0.3, 0.4) is 0 Å². The van der Waals surface area contributed by atoms with E-state index in [-0.39, 0.29) is 11.2 Å². The molecular weight excluding hydrogens is 412 g/mol. The zero-order valence-electron chi connectivity index (χ0n) is 17.0. The number of benzene rings is 2. The van der Waals surface area contributed by atoms with Gasteiger partial charge in [0, 0.05) is 53.0 Å². The summed E-state index contributed by atoms with van der Waals surface area (Å²) < 4.78 is 23.6. The molecule has 31 heavy (non-hydrogen) atoms. The molecule has 1 fully saturated rings. The first-order chi connectivity index (χ1) is 15.2. The highest BCUT2D eigenvalue weighted by molar-refractivity contribution is 7.84. The number of ether oxygens (including phenoxy) is 2. The normalized spacial score (nSPS) is 15.2. The molecule has 1 aliphatic rings. The molecule has 0 radical (unpaired) electrons. The Morgan fingerprint density at radius 1 is 1.06 bits per heavy atom. The third-order valence-electron chi connectivity index (χ3n) is 5.00. The molecule has 1 atom stereocenters. The van der Waals surface area contributed by atoms with E-state index in [1.165, 1.54) is 6.20 Å². The molecule has 6 nitrogen and oxygen atoms in total. The van der Waals surface area contributed by atoms with E-state index in [0.717, 1.165) is 18.4 Å². The Labute approximate surface area is 184 Å². The van der Waals surface area contributed by atoms with Gasteiger partial charge in [-0.25, -0.2) is 4.98 Å². The van der Waals surface area contributed by atoms with E-state index in [4.69, 9.17) is 9.47 Å². The molecule has 0 bridgehead atoms. The molecule has 1 aromatic heterocycles. The Kier molecular flexibility index (Phi) is 7.07. The number of nitrogens with one attached hydrogen (secondary N) is 1. The fraction of sp³-hybridized carbons (Fsp3) is 0.250. The molecule has 7 heteroatoms. The number of hydrogen-bond donors (Lipinski definition) is 1. The monoisotopic (exact) mass is 436 g/mol. The second-order valence-corrected chi connectivity index (χ2v) is 9.01. The van der Waals surface area contributed by atoms with E-state index < -0.39 is 10.8 Å². The Bertz CT molecular complexity index is 1030. The quantitative estimate of drug-likeness (QED) is 0.588. The van der Waals surface area contributed by atoms with Gasteiger partial charge in [0.05, 0.1) is 5.56 Å². The predicted octanol–water partition coefficient (Wildman–Crippen LogP) is 4.55. The predicted molar refractivity (Wildman–Crippen MR) is 121 cm³/mol. The second kappa shape index (κ2) is 10.3. The topological polar surface area (TPSA) is 77.5 Å². The van der Waals surface area contributed by atoms with Crippen LogP contribution in [0.15, 0.2) is 72.9 Å². The van der Waals surface area contributed by atoms with Crippen LogP contribution in [-0.2, 0) is 21.3 Å². The van der Waals surface area contributed by atoms with Crippen molar-refractivity contribution >= 4 is 22.4 Å². The Hall–Kier alpha value is -3.03. The first-order valence-corrected chi connectivity index (χ1v) is 11.6. The lowest BCUT2D eigenvalue weighted by Crippen LogP contribution is -2.25. The fourth-order valence-corrected chi connectivity index (χ4v) is 4.81. The number of carbonyl (C=O) groups is 1. The summed E-state index contributed by atoms with van der Waals surface area (Å²) in [5.41, 5.74) is 2.03. The molecule has 3 aromatic rings. The summed E-state index contributed by atoms with van der Waals surface area (Å²) in [5, 5.41) is 3.06. The summed E-state index contributed by atoms with van der Waals surface area (Å²) in [5.74, 6) is 1.31. The van der Waals surface area contributed by atoms with Gasteiger partial charge in [0.1, 0.15) is 5.75 Å². The number of amides is 1. The van der Waals surface area contributed by atoms with Crippen LogP contribution in [0.2, 0.25) is 0 Å². The van der Waals surface area contributed by atoms with Gasteiger partial charge in [-0.2, -0.15) is 0 Å². The van der Waals surface area contributed by atoms with E-state index in [2.05, 4.69) is 10.3 Å². The lowest BCUT2D eigenvalue weighted by molar-refractivity contribution is 0.0991. The van der Waals surface area contributed by atoms with Crippen molar-refractivity contribution in [2.45, 2.75) is 23.8 Å². The number of pyridine rings is 1. The number of rotatable bonds is 7. The highest BCUT2D eigenvalue weighted by Crippen LogP contribution is 2.21. The fourth-order valence-electron chi connectivity index (χ4n) is 3.35. The van der Waals surface area contributed by atoms with Crippen LogP contribution in [-0.4, -0.2) is 33.6 Å². The van der Waals surface area contributed by atoms with Gasteiger partial charge >= 0.3 is 0 Å². The van der Waals surface area contributed by atoms with Gasteiger partial charge in [-0.05, 0) is 48.7 Å². The maximum absolute atomic E-state index is 12.6. The van der Waals surface area contributed by atoms with Crippen molar-refractivity contribution in [1.29, 1.82) is 0 Å². The first kappa shape index (κ1) is 21.2. The largest absolute Gasteiger partial charge is 0.439 e. The van der Waals surface area contributed by atoms with Crippen LogP contribution in [0.5, 0.6) is 11.6 Å². The zero-order chi connectivity index (χ0) is 21.5. The molecule has 0 saturated carbocycles. The molecule has 2 aromatic carbocycles. The van der Waals surface area contributed by atoms with Gasteiger partial charge < -0.3 is 14.8 Å². The van der Waals surface area contributed by atoms with E-state index in [1.54, 1.807) is 12.1 Å². The number of para-hydroxylation sites is 1. The minimum absolute atomic E-state index is 0.176. The summed E-state index contributed by atoms with van der Waals surface area (Å²) in [6.45, 7) is 1.35. The molecule has 1 saturated heterocycles. The number of aromatic nitrogens is 1. The number of anilines is 1. The third kappa shape index (κ3) is 5.99. The summed E-state index contributed by atoms with van der Waals surface area (Å²) in [6, 6.07) is 20.2. The summed E-state index contributed by atoms with van der Waals surface area (Å²) in [4.78, 5) is 16.8. The maximum Gasteiger partial charge on any atom is 0.257 e. The third-order valence-corrected chi connectivity index (χ3v) is 6.83. The highest BCUT2D eigenvalue weighted by Gasteiger charge is 2.20. The van der Waals surface area contributed by atoms with Gasteiger partial charge in [0.15, 0.2) is 0 Å². The summed E-state index contributed by atoms with van der Waals surface area (Å²) in [6.07, 6.45) is 3.15. The molecule has 1 unspecified atom stereocenters. The molecule has 4 rings (SSSR count). The molecule has 1 aliphatic heterocycles. The van der Waals surface area contributed by atoms with Crippen LogP contribution in [0.25, 0.3) is 0 Å². The van der Waals surface area contributed by atoms with Crippen LogP contribution < -0.4 is 10.1 Å². The van der Waals surface area contributed by atoms with Crippen LogP contribution in [0, 0.1) is 0 Å². The van der Waals surface area contributed by atoms with E-state index >= 15 is 0 Å².